The van der Waals surface area contributed by atoms with Gasteiger partial charge in [0.1, 0.15) is 0 Å². The Hall–Kier alpha value is -1.64. The molecule has 1 N–H and O–H groups in total. The van der Waals surface area contributed by atoms with E-state index in [2.05, 4.69) is 9.71 Å². The van der Waals surface area contributed by atoms with E-state index in [4.69, 9.17) is 11.6 Å². The molecule has 1 aromatic carbocycles. The van der Waals surface area contributed by atoms with Crippen molar-refractivity contribution in [3.05, 3.63) is 39.9 Å². The van der Waals surface area contributed by atoms with Crippen molar-refractivity contribution in [3.63, 3.8) is 0 Å². The lowest BCUT2D eigenvalue weighted by Crippen LogP contribution is -2.36. The van der Waals surface area contributed by atoms with Crippen molar-refractivity contribution in [1.82, 2.24) is 9.88 Å². The molecule has 0 radical (unpaired) electrons. The molecule has 2 aromatic rings. The molecule has 1 amide bonds. The molecule has 26 heavy (non-hydrogen) atoms. The lowest BCUT2D eigenvalue weighted by molar-refractivity contribution is -0.131. The minimum Gasteiger partial charge on any atom is -0.342 e. The summed E-state index contributed by atoms with van der Waals surface area (Å²) in [7, 11) is -3.78. The summed E-state index contributed by atoms with van der Waals surface area (Å²) in [6, 6.07) is 4.73. The van der Waals surface area contributed by atoms with E-state index in [1.807, 2.05) is 4.90 Å². The zero-order valence-corrected chi connectivity index (χ0v) is 16.8. The first-order valence-corrected chi connectivity index (χ1v) is 11.1. The molecule has 0 bridgehead atoms. The van der Waals surface area contributed by atoms with E-state index in [1.54, 1.807) is 24.4 Å². The topological polar surface area (TPSA) is 79.4 Å². The Balaban J connectivity index is 1.69. The summed E-state index contributed by atoms with van der Waals surface area (Å²) >= 11 is 7.18. The predicted octanol–water partition coefficient (Wildman–Crippen LogP) is 3.46. The molecule has 140 valence electrons. The number of anilines is 1. The average molecular weight is 414 g/mol. The molecule has 9 heteroatoms. The predicted molar refractivity (Wildman–Crippen MR) is 103 cm³/mol. The summed E-state index contributed by atoms with van der Waals surface area (Å²) < 4.78 is 27.6. The van der Waals surface area contributed by atoms with Gasteiger partial charge in [-0.25, -0.2) is 13.4 Å². The number of nitrogens with one attached hydrogen (secondary N) is 1. The van der Waals surface area contributed by atoms with Crippen molar-refractivity contribution < 1.29 is 13.2 Å². The quantitative estimate of drug-likeness (QED) is 0.813. The summed E-state index contributed by atoms with van der Waals surface area (Å²) in [5.74, 6) is 0.0371. The van der Waals surface area contributed by atoms with Crippen molar-refractivity contribution >= 4 is 44.0 Å². The number of amides is 1. The number of benzene rings is 1. The molecule has 3 rings (SSSR count). The van der Waals surface area contributed by atoms with Crippen LogP contribution >= 0.6 is 22.9 Å². The number of piperidine rings is 1. The summed E-state index contributed by atoms with van der Waals surface area (Å²) in [4.78, 5) is 18.5. The third-order valence-corrected chi connectivity index (χ3v) is 7.15. The van der Waals surface area contributed by atoms with Crippen LogP contribution in [-0.2, 0) is 21.2 Å². The second kappa shape index (κ2) is 7.94. The number of likely N-dealkylation sites (tertiary alicyclic amines) is 1. The van der Waals surface area contributed by atoms with Gasteiger partial charge in [-0.15, -0.1) is 11.3 Å². The van der Waals surface area contributed by atoms with E-state index in [0.29, 0.717) is 16.3 Å². The molecule has 6 nitrogen and oxygen atoms in total. The number of rotatable bonds is 5. The normalized spacial score (nSPS) is 15.1. The minimum absolute atomic E-state index is 0.0371. The maximum absolute atomic E-state index is 12.6. The highest BCUT2D eigenvalue weighted by molar-refractivity contribution is 7.93. The highest BCUT2D eigenvalue weighted by Crippen LogP contribution is 2.26. The molecule has 1 fully saturated rings. The molecular formula is C17H20ClN3O3S2. The Morgan fingerprint density at radius 3 is 2.77 bits per heavy atom. The zero-order chi connectivity index (χ0) is 18.7. The van der Waals surface area contributed by atoms with Gasteiger partial charge in [0.2, 0.25) is 5.91 Å². The first-order valence-electron chi connectivity index (χ1n) is 8.37. The van der Waals surface area contributed by atoms with E-state index in [-0.39, 0.29) is 22.4 Å². The summed E-state index contributed by atoms with van der Waals surface area (Å²) in [6.07, 6.45) is 3.42. The summed E-state index contributed by atoms with van der Waals surface area (Å²) in [5.41, 5.74) is 1.06. The number of carbonyl (C=O) groups is 1. The van der Waals surface area contributed by atoms with Crippen LogP contribution in [0.4, 0.5) is 5.13 Å². The fourth-order valence-corrected chi connectivity index (χ4v) is 5.36. The van der Waals surface area contributed by atoms with Crippen molar-refractivity contribution in [1.29, 1.82) is 0 Å². The maximum atomic E-state index is 12.6. The molecule has 0 unspecified atom stereocenters. The van der Waals surface area contributed by atoms with Crippen LogP contribution in [0, 0.1) is 6.92 Å². The van der Waals surface area contributed by atoms with Gasteiger partial charge >= 0.3 is 0 Å². The lowest BCUT2D eigenvalue weighted by atomic mass is 10.1. The third kappa shape index (κ3) is 4.36. The number of carbonyl (C=O) groups excluding carboxylic acids is 1. The first-order chi connectivity index (χ1) is 12.4. The van der Waals surface area contributed by atoms with Crippen LogP contribution < -0.4 is 4.72 Å². The van der Waals surface area contributed by atoms with Crippen molar-refractivity contribution in [2.24, 2.45) is 0 Å². The van der Waals surface area contributed by atoms with Crippen LogP contribution in [0.1, 0.15) is 30.5 Å². The Kier molecular flexibility index (Phi) is 5.84. The molecule has 0 spiro atoms. The van der Waals surface area contributed by atoms with Gasteiger partial charge in [-0.3, -0.25) is 9.52 Å². The number of sulfonamides is 1. The van der Waals surface area contributed by atoms with Gasteiger partial charge in [-0.2, -0.15) is 0 Å². The Morgan fingerprint density at radius 1 is 1.31 bits per heavy atom. The van der Waals surface area contributed by atoms with E-state index in [1.165, 1.54) is 6.07 Å². The number of hydrogen-bond donors (Lipinski definition) is 1. The number of hydrogen-bond acceptors (Lipinski definition) is 5. The van der Waals surface area contributed by atoms with E-state index in [0.717, 1.165) is 43.7 Å². The first kappa shape index (κ1) is 19.1. The summed E-state index contributed by atoms with van der Waals surface area (Å²) in [6.45, 7) is 3.23. The average Bonchev–Trinajstić information content (AvgIpc) is 3.04. The van der Waals surface area contributed by atoms with Gasteiger partial charge in [-0.05, 0) is 43.9 Å². The molecule has 1 aliphatic heterocycles. The van der Waals surface area contributed by atoms with Gasteiger partial charge in [0.15, 0.2) is 5.13 Å². The molecular weight excluding hydrogens is 394 g/mol. The van der Waals surface area contributed by atoms with Gasteiger partial charge in [0.25, 0.3) is 10.0 Å². The van der Waals surface area contributed by atoms with E-state index in [9.17, 15) is 13.2 Å². The van der Waals surface area contributed by atoms with Crippen molar-refractivity contribution in [2.75, 3.05) is 17.8 Å². The van der Waals surface area contributed by atoms with E-state index >= 15 is 0 Å². The number of halogens is 1. The largest absolute Gasteiger partial charge is 0.342 e. The van der Waals surface area contributed by atoms with Crippen LogP contribution in [0.3, 0.4) is 0 Å². The van der Waals surface area contributed by atoms with E-state index < -0.39 is 10.0 Å². The second-order valence-corrected chi connectivity index (χ2v) is 9.15. The minimum atomic E-state index is -3.78. The maximum Gasteiger partial charge on any atom is 0.263 e. The Morgan fingerprint density at radius 2 is 2.04 bits per heavy atom. The molecule has 2 heterocycles. The monoisotopic (exact) mass is 413 g/mol. The van der Waals surface area contributed by atoms with Crippen LogP contribution in [0.2, 0.25) is 5.02 Å². The van der Waals surface area contributed by atoms with Crippen molar-refractivity contribution in [2.45, 2.75) is 37.5 Å². The van der Waals surface area contributed by atoms with Crippen LogP contribution in [0.25, 0.3) is 0 Å². The van der Waals surface area contributed by atoms with Gasteiger partial charge < -0.3 is 4.90 Å². The van der Waals surface area contributed by atoms with Crippen LogP contribution in [0.5, 0.6) is 0 Å². The number of thiazole rings is 1. The van der Waals surface area contributed by atoms with Crippen LogP contribution in [0.15, 0.2) is 28.5 Å². The zero-order valence-electron chi connectivity index (χ0n) is 14.4. The molecule has 0 atom stereocenters. The van der Waals surface area contributed by atoms with Gasteiger partial charge in [-0.1, -0.05) is 17.7 Å². The highest BCUT2D eigenvalue weighted by atomic mass is 35.5. The number of nitrogens with zero attached hydrogens (tertiary/aromatic N) is 2. The highest BCUT2D eigenvalue weighted by Gasteiger charge is 2.21. The van der Waals surface area contributed by atoms with Gasteiger partial charge in [0.05, 0.1) is 17.0 Å². The second-order valence-electron chi connectivity index (χ2n) is 6.23. The van der Waals surface area contributed by atoms with Crippen LogP contribution in [-0.4, -0.2) is 37.3 Å². The standard InChI is InChI=1S/C17H20ClN3O3S2/c1-12-14(18)6-5-7-15(12)26(23,24)20-17-19-13(11-25-17)10-16(22)21-8-3-2-4-9-21/h5-7,11H,2-4,8-10H2,1H3,(H,19,20). The lowest BCUT2D eigenvalue weighted by Gasteiger charge is -2.26. The molecule has 0 saturated carbocycles. The Bertz CT molecular complexity index is 906. The third-order valence-electron chi connectivity index (χ3n) is 4.32. The van der Waals surface area contributed by atoms with Crippen molar-refractivity contribution in [3.8, 4) is 0 Å². The summed E-state index contributed by atoms with van der Waals surface area (Å²) in [5, 5.41) is 2.34. The molecule has 0 aliphatic carbocycles. The molecule has 1 saturated heterocycles. The smallest absolute Gasteiger partial charge is 0.263 e. The fraction of sp³-hybridized carbons (Fsp3) is 0.412. The van der Waals surface area contributed by atoms with Gasteiger partial charge in [0, 0.05) is 23.5 Å². The fourth-order valence-electron chi connectivity index (χ4n) is 2.89. The molecule has 1 aromatic heterocycles. The Labute approximate surface area is 162 Å². The number of aromatic nitrogens is 1. The molecule has 1 aliphatic rings. The SMILES string of the molecule is Cc1c(Cl)cccc1S(=O)(=O)Nc1nc(CC(=O)N2CCCCC2)cs1.